The van der Waals surface area contributed by atoms with Crippen LogP contribution in [0.2, 0.25) is 10.0 Å². The fourth-order valence-electron chi connectivity index (χ4n) is 3.76. The van der Waals surface area contributed by atoms with E-state index in [1.807, 2.05) is 32.9 Å². The second-order valence-electron chi connectivity index (χ2n) is 8.99. The molecule has 0 aliphatic carbocycles. The molecule has 7 nitrogen and oxygen atoms in total. The normalized spacial score (nSPS) is 12.3. The summed E-state index contributed by atoms with van der Waals surface area (Å²) in [5, 5.41) is 3.64. The monoisotopic (exact) mass is 555 g/mol. The second kappa shape index (κ2) is 13.3. The second-order valence-corrected chi connectivity index (χ2v) is 11.7. The number of halogens is 2. The van der Waals surface area contributed by atoms with Crippen molar-refractivity contribution in [3.8, 4) is 0 Å². The molecule has 2 aromatic rings. The average Bonchev–Trinajstić information content (AvgIpc) is 2.81. The van der Waals surface area contributed by atoms with E-state index >= 15 is 0 Å². The van der Waals surface area contributed by atoms with Gasteiger partial charge in [-0.15, -0.1) is 0 Å². The first-order chi connectivity index (χ1) is 16.9. The summed E-state index contributed by atoms with van der Waals surface area (Å²) in [7, 11) is -3.79. The van der Waals surface area contributed by atoms with Gasteiger partial charge in [0, 0.05) is 23.1 Å². The molecule has 198 valence electrons. The van der Waals surface area contributed by atoms with Crippen molar-refractivity contribution in [3.63, 3.8) is 0 Å². The Morgan fingerprint density at radius 3 is 2.17 bits per heavy atom. The highest BCUT2D eigenvalue weighted by atomic mass is 35.5. The van der Waals surface area contributed by atoms with Crippen molar-refractivity contribution >= 4 is 50.7 Å². The van der Waals surface area contributed by atoms with Crippen LogP contribution < -0.4 is 9.62 Å². The molecular formula is C26H35Cl2N3O4S. The molecule has 10 heteroatoms. The molecule has 0 unspecified atom stereocenters. The summed E-state index contributed by atoms with van der Waals surface area (Å²) in [5.74, 6) is -0.540. The van der Waals surface area contributed by atoms with Crippen molar-refractivity contribution in [2.24, 2.45) is 0 Å². The van der Waals surface area contributed by atoms with Crippen LogP contribution in [0.5, 0.6) is 0 Å². The van der Waals surface area contributed by atoms with E-state index in [2.05, 4.69) is 5.32 Å². The maximum Gasteiger partial charge on any atom is 0.244 e. The maximum absolute atomic E-state index is 13.7. The Morgan fingerprint density at radius 2 is 1.67 bits per heavy atom. The molecule has 0 aliphatic rings. The number of nitrogens with one attached hydrogen (secondary N) is 1. The van der Waals surface area contributed by atoms with Crippen LogP contribution in [0.1, 0.15) is 57.6 Å². The van der Waals surface area contributed by atoms with E-state index in [1.54, 1.807) is 37.3 Å². The fraction of sp³-hybridized carbons (Fsp3) is 0.462. The molecule has 0 fully saturated rings. The first kappa shape index (κ1) is 29.9. The topological polar surface area (TPSA) is 86.8 Å². The summed E-state index contributed by atoms with van der Waals surface area (Å²) in [6, 6.07) is 11.2. The molecule has 2 amide bonds. The van der Waals surface area contributed by atoms with Crippen molar-refractivity contribution in [1.29, 1.82) is 0 Å². The molecule has 2 rings (SSSR count). The predicted molar refractivity (Wildman–Crippen MR) is 147 cm³/mol. The van der Waals surface area contributed by atoms with Gasteiger partial charge < -0.3 is 10.2 Å². The Kier molecular flexibility index (Phi) is 11.1. The van der Waals surface area contributed by atoms with Crippen LogP contribution in [0.3, 0.4) is 0 Å². The Labute approximate surface area is 224 Å². The summed E-state index contributed by atoms with van der Waals surface area (Å²) in [4.78, 5) is 28.0. The van der Waals surface area contributed by atoms with E-state index in [9.17, 15) is 18.0 Å². The van der Waals surface area contributed by atoms with E-state index in [0.717, 1.165) is 22.5 Å². The van der Waals surface area contributed by atoms with Crippen LogP contribution in [0.15, 0.2) is 42.5 Å². The summed E-state index contributed by atoms with van der Waals surface area (Å²) >= 11 is 12.4. The lowest BCUT2D eigenvalue weighted by Crippen LogP contribution is -2.52. The maximum atomic E-state index is 13.7. The van der Waals surface area contributed by atoms with Gasteiger partial charge in [-0.05, 0) is 54.2 Å². The Hall–Kier alpha value is -2.29. The van der Waals surface area contributed by atoms with Gasteiger partial charge >= 0.3 is 0 Å². The fourth-order valence-corrected chi connectivity index (χ4v) is 5.08. The minimum absolute atomic E-state index is 0.0246. The van der Waals surface area contributed by atoms with E-state index in [-0.39, 0.29) is 18.4 Å². The highest BCUT2D eigenvalue weighted by Crippen LogP contribution is 2.25. The van der Waals surface area contributed by atoms with Gasteiger partial charge in [0.15, 0.2) is 0 Å². The molecule has 0 bridgehead atoms. The molecule has 0 heterocycles. The van der Waals surface area contributed by atoms with Crippen molar-refractivity contribution in [3.05, 3.63) is 63.6 Å². The highest BCUT2D eigenvalue weighted by Gasteiger charge is 2.32. The van der Waals surface area contributed by atoms with E-state index in [0.29, 0.717) is 34.3 Å². The van der Waals surface area contributed by atoms with Gasteiger partial charge in [0.25, 0.3) is 0 Å². The van der Waals surface area contributed by atoms with Gasteiger partial charge in [-0.25, -0.2) is 8.42 Å². The van der Waals surface area contributed by atoms with Crippen LogP contribution >= 0.6 is 23.2 Å². The number of benzene rings is 2. The van der Waals surface area contributed by atoms with Crippen LogP contribution in [0.25, 0.3) is 0 Å². The third-order valence-electron chi connectivity index (χ3n) is 5.82. The number of nitrogens with zero attached hydrogens (tertiary/aromatic N) is 2. The molecular weight excluding hydrogens is 521 g/mol. The Bertz CT molecular complexity index is 1150. The molecule has 0 spiro atoms. The number of hydrogen-bond acceptors (Lipinski definition) is 4. The summed E-state index contributed by atoms with van der Waals surface area (Å²) < 4.78 is 26.5. The van der Waals surface area contributed by atoms with Crippen molar-refractivity contribution in [2.75, 3.05) is 23.7 Å². The molecule has 0 saturated carbocycles. The number of anilines is 1. The zero-order chi connectivity index (χ0) is 27.0. The number of carbonyl (C=O) groups excluding carboxylic acids is 2. The number of amides is 2. The third kappa shape index (κ3) is 8.11. The Morgan fingerprint density at radius 1 is 1.03 bits per heavy atom. The lowest BCUT2D eigenvalue weighted by atomic mass is 10.0. The number of sulfonamides is 1. The van der Waals surface area contributed by atoms with Crippen molar-refractivity contribution in [1.82, 2.24) is 10.2 Å². The lowest BCUT2D eigenvalue weighted by Gasteiger charge is -2.33. The van der Waals surface area contributed by atoms with E-state index < -0.39 is 28.5 Å². The zero-order valence-electron chi connectivity index (χ0n) is 21.4. The molecule has 0 aromatic heterocycles. The first-order valence-electron chi connectivity index (χ1n) is 12.0. The van der Waals surface area contributed by atoms with Gasteiger partial charge in [-0.3, -0.25) is 13.9 Å². The van der Waals surface area contributed by atoms with E-state index in [1.165, 1.54) is 4.90 Å². The molecule has 1 N–H and O–H groups in total. The minimum Gasteiger partial charge on any atom is -0.354 e. The van der Waals surface area contributed by atoms with E-state index in [4.69, 9.17) is 23.2 Å². The molecule has 1 atom stereocenters. The SMILES string of the molecule is CCCNC(=O)[C@H](CC)N(Cc1ccc(Cl)cc1Cl)C(=O)CN(c1ccc(C(C)C)cc1)S(C)(=O)=O. The molecule has 2 aromatic carbocycles. The largest absolute Gasteiger partial charge is 0.354 e. The smallest absolute Gasteiger partial charge is 0.244 e. The minimum atomic E-state index is -3.79. The highest BCUT2D eigenvalue weighted by molar-refractivity contribution is 7.92. The van der Waals surface area contributed by atoms with Crippen LogP contribution in [-0.2, 0) is 26.2 Å². The zero-order valence-corrected chi connectivity index (χ0v) is 23.8. The van der Waals surface area contributed by atoms with Gasteiger partial charge in [-0.2, -0.15) is 0 Å². The average molecular weight is 557 g/mol. The lowest BCUT2D eigenvalue weighted by molar-refractivity contribution is -0.140. The summed E-state index contributed by atoms with van der Waals surface area (Å²) in [6.45, 7) is 7.86. The van der Waals surface area contributed by atoms with Crippen LogP contribution in [0, 0.1) is 0 Å². The number of carbonyl (C=O) groups is 2. The number of rotatable bonds is 12. The predicted octanol–water partition coefficient (Wildman–Crippen LogP) is 5.22. The van der Waals surface area contributed by atoms with Gasteiger partial charge in [-0.1, -0.05) is 69.1 Å². The summed E-state index contributed by atoms with van der Waals surface area (Å²) in [5.41, 5.74) is 2.03. The van der Waals surface area contributed by atoms with Gasteiger partial charge in [0.05, 0.1) is 11.9 Å². The van der Waals surface area contributed by atoms with Gasteiger partial charge in [0.1, 0.15) is 12.6 Å². The van der Waals surface area contributed by atoms with Crippen molar-refractivity contribution in [2.45, 2.75) is 59.0 Å². The number of hydrogen-bond donors (Lipinski definition) is 1. The standard InChI is InChI=1S/C26H35Cl2N3O4S/c1-6-14-29-26(33)24(7-2)30(16-20-8-11-21(27)15-23(20)28)25(32)17-31(36(5,34)35)22-12-9-19(10-13-22)18(3)4/h8-13,15,18,24H,6-7,14,16-17H2,1-5H3,(H,29,33)/t24-/m0/s1. The molecule has 36 heavy (non-hydrogen) atoms. The quantitative estimate of drug-likeness (QED) is 0.389. The third-order valence-corrected chi connectivity index (χ3v) is 7.55. The van der Waals surface area contributed by atoms with Gasteiger partial charge in [0.2, 0.25) is 21.8 Å². The first-order valence-corrected chi connectivity index (χ1v) is 14.6. The van der Waals surface area contributed by atoms with Crippen molar-refractivity contribution < 1.29 is 18.0 Å². The molecule has 0 aliphatic heterocycles. The Balaban J connectivity index is 2.45. The molecule has 0 radical (unpaired) electrons. The van der Waals surface area contributed by atoms with Crippen LogP contribution in [0.4, 0.5) is 5.69 Å². The van der Waals surface area contributed by atoms with Crippen LogP contribution in [-0.4, -0.2) is 50.5 Å². The molecule has 0 saturated heterocycles. The summed E-state index contributed by atoms with van der Waals surface area (Å²) in [6.07, 6.45) is 2.14.